The lowest BCUT2D eigenvalue weighted by Gasteiger charge is -2.43. The second-order valence-corrected chi connectivity index (χ2v) is 10.8. The van der Waals surface area contributed by atoms with Crippen molar-refractivity contribution in [2.24, 2.45) is 11.1 Å². The van der Waals surface area contributed by atoms with Gasteiger partial charge in [-0.15, -0.1) is 0 Å². The average Bonchev–Trinajstić information content (AvgIpc) is 3.14. The van der Waals surface area contributed by atoms with Gasteiger partial charge in [0.25, 0.3) is 0 Å². The fourth-order valence-electron chi connectivity index (χ4n) is 5.59. The number of nitrogen functional groups attached to an aromatic ring is 1. The van der Waals surface area contributed by atoms with E-state index in [1.165, 1.54) is 11.1 Å². The van der Waals surface area contributed by atoms with Crippen molar-refractivity contribution in [3.05, 3.63) is 83.1 Å². The van der Waals surface area contributed by atoms with Gasteiger partial charge in [-0.3, -0.25) is 0 Å². The summed E-state index contributed by atoms with van der Waals surface area (Å²) < 4.78 is 0. The van der Waals surface area contributed by atoms with Gasteiger partial charge in [0.2, 0.25) is 0 Å². The maximum atomic E-state index is 6.79. The molecule has 0 amide bonds. The maximum absolute atomic E-state index is 6.79. The summed E-state index contributed by atoms with van der Waals surface area (Å²) in [4.78, 5) is 13.4. The quantitative estimate of drug-likeness (QED) is 0.376. The summed E-state index contributed by atoms with van der Waals surface area (Å²) in [5, 5.41) is 2.80. The standard InChI is InChI=1S/C27H26ClN5S/c28-23-21(9-12-31-25(23)30)34-22-16-32-26(20-8-4-3-7-19(20)22)33-13-10-27(11-14-33)15-17-5-1-2-6-18(17)24(27)29/h1-9,12,16,24H,10-11,13-15,29H2,(H2,30,31)/t24-/m1/s1. The van der Waals surface area contributed by atoms with Crippen LogP contribution in [0.1, 0.15) is 30.0 Å². The highest BCUT2D eigenvalue weighted by Gasteiger charge is 2.46. The number of halogens is 1. The number of piperidine rings is 1. The predicted molar refractivity (Wildman–Crippen MR) is 140 cm³/mol. The lowest BCUT2D eigenvalue weighted by molar-refractivity contribution is 0.187. The molecule has 5 nitrogen and oxygen atoms in total. The molecule has 0 unspecified atom stereocenters. The highest BCUT2D eigenvalue weighted by Crippen LogP contribution is 2.51. The fraction of sp³-hybridized carbons (Fsp3) is 0.259. The van der Waals surface area contributed by atoms with Crippen molar-refractivity contribution in [3.8, 4) is 0 Å². The second-order valence-electron chi connectivity index (χ2n) is 9.30. The van der Waals surface area contributed by atoms with Gasteiger partial charge in [0, 0.05) is 52.1 Å². The number of fused-ring (bicyclic) bond motifs is 2. The number of nitrogens with two attached hydrogens (primary N) is 2. The van der Waals surface area contributed by atoms with E-state index in [4.69, 9.17) is 28.1 Å². The Morgan fingerprint density at radius 2 is 1.68 bits per heavy atom. The molecule has 7 heteroatoms. The predicted octanol–water partition coefficient (Wildman–Crippen LogP) is 5.86. The zero-order valence-corrected chi connectivity index (χ0v) is 20.3. The Balaban J connectivity index is 1.28. The van der Waals surface area contributed by atoms with Crippen LogP contribution in [0.4, 0.5) is 11.6 Å². The van der Waals surface area contributed by atoms with Crippen LogP contribution in [0, 0.1) is 5.41 Å². The molecule has 1 fully saturated rings. The smallest absolute Gasteiger partial charge is 0.143 e. The molecule has 2 aromatic carbocycles. The maximum Gasteiger partial charge on any atom is 0.143 e. The molecule has 4 aromatic rings. The monoisotopic (exact) mass is 487 g/mol. The molecule has 2 aliphatic rings. The van der Waals surface area contributed by atoms with E-state index in [0.717, 1.165) is 58.7 Å². The number of pyridine rings is 2. The summed E-state index contributed by atoms with van der Waals surface area (Å²) in [5.74, 6) is 1.38. The van der Waals surface area contributed by atoms with E-state index < -0.39 is 0 Å². The minimum Gasteiger partial charge on any atom is -0.382 e. The average molecular weight is 488 g/mol. The molecule has 1 saturated heterocycles. The summed E-state index contributed by atoms with van der Waals surface area (Å²) in [7, 11) is 0. The van der Waals surface area contributed by atoms with Crippen LogP contribution in [0.15, 0.2) is 76.8 Å². The Labute approximate surface area is 208 Å². The normalized spacial score (nSPS) is 19.0. The van der Waals surface area contributed by atoms with Crippen molar-refractivity contribution in [2.45, 2.75) is 35.1 Å². The van der Waals surface area contributed by atoms with Crippen LogP contribution in [0.2, 0.25) is 5.02 Å². The summed E-state index contributed by atoms with van der Waals surface area (Å²) in [5.41, 5.74) is 15.6. The van der Waals surface area contributed by atoms with Gasteiger partial charge in [-0.05, 0) is 41.9 Å². The van der Waals surface area contributed by atoms with Crippen molar-refractivity contribution in [1.82, 2.24) is 9.97 Å². The third-order valence-electron chi connectivity index (χ3n) is 7.49. The van der Waals surface area contributed by atoms with Gasteiger partial charge in [-0.25, -0.2) is 9.97 Å². The molecule has 0 saturated carbocycles. The molecule has 3 heterocycles. The van der Waals surface area contributed by atoms with Crippen LogP contribution < -0.4 is 16.4 Å². The van der Waals surface area contributed by atoms with Crippen LogP contribution in [0.5, 0.6) is 0 Å². The third-order valence-corrected chi connectivity index (χ3v) is 9.10. The van der Waals surface area contributed by atoms with Gasteiger partial charge in [-0.2, -0.15) is 0 Å². The molecule has 1 spiro atoms. The zero-order chi connectivity index (χ0) is 23.3. The topological polar surface area (TPSA) is 81.1 Å². The van der Waals surface area contributed by atoms with E-state index in [-0.39, 0.29) is 11.5 Å². The molecule has 0 radical (unpaired) electrons. The lowest BCUT2D eigenvalue weighted by Crippen LogP contribution is -2.44. The van der Waals surface area contributed by atoms with Crippen LogP contribution in [-0.2, 0) is 6.42 Å². The van der Waals surface area contributed by atoms with Gasteiger partial charge >= 0.3 is 0 Å². The molecule has 1 atom stereocenters. The highest BCUT2D eigenvalue weighted by molar-refractivity contribution is 7.99. The van der Waals surface area contributed by atoms with Gasteiger partial charge < -0.3 is 16.4 Å². The molecule has 4 N–H and O–H groups in total. The van der Waals surface area contributed by atoms with E-state index in [0.29, 0.717) is 10.8 Å². The summed E-state index contributed by atoms with van der Waals surface area (Å²) in [6.45, 7) is 1.91. The van der Waals surface area contributed by atoms with Gasteiger partial charge in [-0.1, -0.05) is 71.9 Å². The first-order chi connectivity index (χ1) is 16.6. The van der Waals surface area contributed by atoms with E-state index in [2.05, 4.69) is 58.4 Å². The molecule has 2 aromatic heterocycles. The van der Waals surface area contributed by atoms with E-state index in [9.17, 15) is 0 Å². The van der Waals surface area contributed by atoms with Crippen LogP contribution in [0.3, 0.4) is 0 Å². The lowest BCUT2D eigenvalue weighted by atomic mass is 9.73. The van der Waals surface area contributed by atoms with Gasteiger partial charge in [0.15, 0.2) is 0 Å². The van der Waals surface area contributed by atoms with Crippen molar-refractivity contribution < 1.29 is 0 Å². The Kier molecular flexibility index (Phi) is 5.40. The Bertz CT molecular complexity index is 1380. The summed E-state index contributed by atoms with van der Waals surface area (Å²) >= 11 is 7.98. The largest absolute Gasteiger partial charge is 0.382 e. The number of hydrogen-bond donors (Lipinski definition) is 2. The molecular formula is C27H26ClN5S. The summed E-state index contributed by atoms with van der Waals surface area (Å²) in [6.07, 6.45) is 6.86. The molecule has 34 heavy (non-hydrogen) atoms. The first-order valence-corrected chi connectivity index (χ1v) is 12.8. The number of anilines is 2. The fourth-order valence-corrected chi connectivity index (χ4v) is 6.77. The Morgan fingerprint density at radius 1 is 0.941 bits per heavy atom. The van der Waals surface area contributed by atoms with Crippen LogP contribution >= 0.6 is 23.4 Å². The SMILES string of the molecule is Nc1nccc(Sc2cnc(N3CCC4(CC3)Cc3ccccc3[C@H]4N)c3ccccc23)c1Cl. The minimum absolute atomic E-state index is 0.117. The number of nitrogens with zero attached hydrogens (tertiary/aromatic N) is 3. The number of aromatic nitrogens is 2. The van der Waals surface area contributed by atoms with Crippen molar-refractivity contribution in [3.63, 3.8) is 0 Å². The van der Waals surface area contributed by atoms with Crippen molar-refractivity contribution in [2.75, 3.05) is 23.7 Å². The second kappa shape index (κ2) is 8.45. The Morgan fingerprint density at radius 3 is 2.47 bits per heavy atom. The molecule has 1 aliphatic carbocycles. The van der Waals surface area contributed by atoms with Crippen LogP contribution in [0.25, 0.3) is 10.8 Å². The van der Waals surface area contributed by atoms with Crippen LogP contribution in [-0.4, -0.2) is 23.1 Å². The molecule has 0 bridgehead atoms. The number of hydrogen-bond acceptors (Lipinski definition) is 6. The molecule has 6 rings (SSSR count). The minimum atomic E-state index is 0.117. The number of benzene rings is 2. The summed E-state index contributed by atoms with van der Waals surface area (Å²) in [6, 6.07) is 19.1. The first kappa shape index (κ1) is 21.7. The molecule has 1 aliphatic heterocycles. The Hall–Kier alpha value is -2.80. The van der Waals surface area contributed by atoms with Crippen molar-refractivity contribution >= 4 is 45.8 Å². The highest BCUT2D eigenvalue weighted by atomic mass is 35.5. The molecule has 172 valence electrons. The first-order valence-electron chi connectivity index (χ1n) is 11.6. The number of rotatable bonds is 3. The van der Waals surface area contributed by atoms with E-state index in [1.54, 1.807) is 18.0 Å². The van der Waals surface area contributed by atoms with Crippen molar-refractivity contribution in [1.29, 1.82) is 0 Å². The van der Waals surface area contributed by atoms with E-state index in [1.807, 2.05) is 12.3 Å². The van der Waals surface area contributed by atoms with Gasteiger partial charge in [0.1, 0.15) is 11.6 Å². The third kappa shape index (κ3) is 3.52. The van der Waals surface area contributed by atoms with Gasteiger partial charge in [0.05, 0.1) is 5.02 Å². The zero-order valence-electron chi connectivity index (χ0n) is 18.7. The van der Waals surface area contributed by atoms with E-state index >= 15 is 0 Å². The molecular weight excluding hydrogens is 462 g/mol.